The Balaban J connectivity index is 0.000000237. The smallest absolute Gasteiger partial charge is 0.0619 e. The standard InChI is InChI=1S/C62H47N3.C20H13N.2CH4/c1-40-11-9-16-46(26-21-40)63(47-27-31-49(32-28-47)64-57-37-24-42-13-3-6-17-51(42)59(57)55-35-22-43-14-4-7-18-53(43)61(55)64)48-29-33-50(34-30-48)65-58-38-25-45-39-41(2)12-10-20-52(45)60(58)56-36-23-44-15-5-8-19-54(44)62(56)65;1-3-7-15-13(5-1)10-12-18-19(15)17-11-9-14-6-2-4-8-16(14)20(17)21-18;;/h3-11,13-15,17-38,41H,12,16,39H2,1-2H3;1-12,21H;2*1H4. The van der Waals surface area contributed by atoms with Gasteiger partial charge < -0.3 is 19.0 Å². The van der Waals surface area contributed by atoms with Crippen molar-refractivity contribution < 1.29 is 0 Å². The normalized spacial score (nSPS) is 14.1. The van der Waals surface area contributed by atoms with Crippen molar-refractivity contribution >= 4 is 137 Å². The molecular formula is C84H68N4. The molecule has 4 heteroatoms. The summed E-state index contributed by atoms with van der Waals surface area (Å²) in [6, 6.07) is 89.4. The molecule has 88 heavy (non-hydrogen) atoms. The molecule has 2 aliphatic carbocycles. The van der Waals surface area contributed by atoms with E-state index in [4.69, 9.17) is 0 Å². The van der Waals surface area contributed by atoms with Crippen LogP contribution in [0.1, 0.15) is 52.7 Å². The third-order valence-corrected chi connectivity index (χ3v) is 18.5. The van der Waals surface area contributed by atoms with Crippen LogP contribution in [0.4, 0.5) is 11.4 Å². The molecule has 1 atom stereocenters. The van der Waals surface area contributed by atoms with Crippen LogP contribution in [-0.4, -0.2) is 14.1 Å². The van der Waals surface area contributed by atoms with Crippen LogP contribution in [0.25, 0.3) is 137 Å². The minimum absolute atomic E-state index is 0. The van der Waals surface area contributed by atoms with Crippen molar-refractivity contribution in [2.45, 2.75) is 48.0 Å². The predicted octanol–water partition coefficient (Wildman–Crippen LogP) is 23.8. The second-order valence-electron chi connectivity index (χ2n) is 23.8. The van der Waals surface area contributed by atoms with Gasteiger partial charge in [0.2, 0.25) is 0 Å². The highest BCUT2D eigenvalue weighted by Crippen LogP contribution is 2.45. The zero-order valence-electron chi connectivity index (χ0n) is 48.1. The predicted molar refractivity (Wildman–Crippen MR) is 383 cm³/mol. The van der Waals surface area contributed by atoms with Crippen molar-refractivity contribution in [3.05, 3.63) is 295 Å². The largest absolute Gasteiger partial charge is 0.354 e. The van der Waals surface area contributed by atoms with Gasteiger partial charge in [0.15, 0.2) is 0 Å². The molecule has 0 spiro atoms. The van der Waals surface area contributed by atoms with Crippen molar-refractivity contribution in [2.24, 2.45) is 5.92 Å². The quantitative estimate of drug-likeness (QED) is 0.183. The molecule has 3 heterocycles. The van der Waals surface area contributed by atoms with E-state index in [0.717, 1.165) is 42.0 Å². The summed E-state index contributed by atoms with van der Waals surface area (Å²) in [6.07, 6.45) is 16.8. The maximum Gasteiger partial charge on any atom is 0.0619 e. The molecule has 16 aromatic rings. The zero-order chi connectivity index (χ0) is 57.0. The fourth-order valence-corrected chi connectivity index (χ4v) is 14.5. The van der Waals surface area contributed by atoms with Crippen LogP contribution in [0.3, 0.4) is 0 Å². The first-order valence-corrected chi connectivity index (χ1v) is 30.3. The SMILES string of the molecule is C.C.CC1=CC=C(N(c2ccc(-n3c4ccc5c(c4c4ccc6ccccc6c43)C=CCC(C)C5)cc2)c2ccc(-n3c4ccc5ccccc5c4c4ccc5ccccc5c43)cc2)CC=C1.c1ccc2c(c1)ccc1c2[nH]c2ccc3ccccc3c21. The molecule has 4 nitrogen and oxygen atoms in total. The van der Waals surface area contributed by atoms with Crippen molar-refractivity contribution in [1.82, 2.24) is 14.1 Å². The van der Waals surface area contributed by atoms with Gasteiger partial charge in [0.25, 0.3) is 0 Å². The summed E-state index contributed by atoms with van der Waals surface area (Å²) in [5, 5.41) is 20.6. The van der Waals surface area contributed by atoms with Crippen LogP contribution in [0.5, 0.6) is 0 Å². The van der Waals surface area contributed by atoms with Crippen LogP contribution in [0.15, 0.2) is 284 Å². The molecule has 18 rings (SSSR count). The van der Waals surface area contributed by atoms with Gasteiger partial charge in [-0.2, -0.15) is 0 Å². The van der Waals surface area contributed by atoms with E-state index in [-0.39, 0.29) is 14.9 Å². The van der Waals surface area contributed by atoms with Gasteiger partial charge in [-0.1, -0.05) is 234 Å². The van der Waals surface area contributed by atoms with Gasteiger partial charge in [-0.3, -0.25) is 0 Å². The molecule has 424 valence electrons. The Morgan fingerprint density at radius 2 is 0.886 bits per heavy atom. The maximum atomic E-state index is 3.61. The Hall–Kier alpha value is -10.7. The molecule has 2 aliphatic rings. The second kappa shape index (κ2) is 21.7. The number of aromatic nitrogens is 3. The van der Waals surface area contributed by atoms with E-state index >= 15 is 0 Å². The molecule has 0 fully saturated rings. The van der Waals surface area contributed by atoms with Crippen molar-refractivity contribution in [3.63, 3.8) is 0 Å². The van der Waals surface area contributed by atoms with Gasteiger partial charge in [-0.25, -0.2) is 0 Å². The van der Waals surface area contributed by atoms with E-state index in [2.05, 4.69) is 312 Å². The van der Waals surface area contributed by atoms with E-state index in [1.165, 1.54) is 142 Å². The second-order valence-corrected chi connectivity index (χ2v) is 23.8. The van der Waals surface area contributed by atoms with Crippen LogP contribution in [0, 0.1) is 5.92 Å². The van der Waals surface area contributed by atoms with Crippen molar-refractivity contribution in [1.29, 1.82) is 0 Å². The maximum absolute atomic E-state index is 3.61. The van der Waals surface area contributed by atoms with Crippen LogP contribution in [0.2, 0.25) is 0 Å². The summed E-state index contributed by atoms with van der Waals surface area (Å²) < 4.78 is 4.99. The summed E-state index contributed by atoms with van der Waals surface area (Å²) in [4.78, 5) is 6.05. The number of hydrogen-bond acceptors (Lipinski definition) is 1. The zero-order valence-corrected chi connectivity index (χ0v) is 48.1. The van der Waals surface area contributed by atoms with Gasteiger partial charge in [0.1, 0.15) is 0 Å². The molecule has 3 aromatic heterocycles. The third kappa shape index (κ3) is 8.65. The number of fused-ring (bicyclic) bond motifs is 21. The molecule has 0 saturated heterocycles. The lowest BCUT2D eigenvalue weighted by atomic mass is 9.95. The first-order valence-electron chi connectivity index (χ1n) is 30.3. The summed E-state index contributed by atoms with van der Waals surface area (Å²) in [6.45, 7) is 4.54. The summed E-state index contributed by atoms with van der Waals surface area (Å²) >= 11 is 0. The van der Waals surface area contributed by atoms with Gasteiger partial charge in [0.05, 0.1) is 27.6 Å². The van der Waals surface area contributed by atoms with Gasteiger partial charge in [-0.15, -0.1) is 0 Å². The van der Waals surface area contributed by atoms with Crippen LogP contribution >= 0.6 is 0 Å². The van der Waals surface area contributed by atoms with E-state index in [1.54, 1.807) is 0 Å². The Morgan fingerprint density at radius 3 is 1.50 bits per heavy atom. The number of nitrogens with zero attached hydrogens (tertiary/aromatic N) is 3. The fourth-order valence-electron chi connectivity index (χ4n) is 14.5. The summed E-state index contributed by atoms with van der Waals surface area (Å²) in [5.41, 5.74) is 17.2. The first-order chi connectivity index (χ1) is 42.5. The summed E-state index contributed by atoms with van der Waals surface area (Å²) in [5.74, 6) is 0.624. The average molecular weight is 1130 g/mol. The van der Waals surface area contributed by atoms with Gasteiger partial charge in [-0.05, 0) is 147 Å². The highest BCUT2D eigenvalue weighted by molar-refractivity contribution is 6.27. The molecule has 0 bridgehead atoms. The number of hydrogen-bond donors (Lipinski definition) is 1. The molecular weight excluding hydrogens is 1060 g/mol. The van der Waals surface area contributed by atoms with E-state index in [9.17, 15) is 0 Å². The van der Waals surface area contributed by atoms with Gasteiger partial charge in [0, 0.05) is 88.9 Å². The molecule has 13 aromatic carbocycles. The first kappa shape index (κ1) is 54.0. The number of H-pyrrole nitrogens is 1. The number of anilines is 2. The monoisotopic (exact) mass is 1130 g/mol. The van der Waals surface area contributed by atoms with E-state index in [1.807, 2.05) is 0 Å². The number of nitrogens with one attached hydrogen (secondary N) is 1. The van der Waals surface area contributed by atoms with E-state index < -0.39 is 0 Å². The van der Waals surface area contributed by atoms with Crippen LogP contribution in [-0.2, 0) is 6.42 Å². The topological polar surface area (TPSA) is 28.9 Å². The molecule has 0 saturated carbocycles. The molecule has 1 unspecified atom stereocenters. The Bertz CT molecular complexity index is 5580. The van der Waals surface area contributed by atoms with Crippen molar-refractivity contribution in [3.8, 4) is 11.4 Å². The minimum Gasteiger partial charge on any atom is -0.354 e. The Kier molecular flexibility index (Phi) is 13.3. The number of allylic oxidation sites excluding steroid dienone is 6. The lowest BCUT2D eigenvalue weighted by Gasteiger charge is -2.28. The Labute approximate surface area is 513 Å². The highest BCUT2D eigenvalue weighted by atomic mass is 15.1. The van der Waals surface area contributed by atoms with E-state index in [0.29, 0.717) is 5.92 Å². The molecule has 0 radical (unpaired) electrons. The van der Waals surface area contributed by atoms with Crippen molar-refractivity contribution in [2.75, 3.05) is 4.90 Å². The third-order valence-electron chi connectivity index (χ3n) is 18.5. The van der Waals surface area contributed by atoms with Gasteiger partial charge >= 0.3 is 0 Å². The molecule has 1 N–H and O–H groups in total. The minimum atomic E-state index is 0. The molecule has 0 aliphatic heterocycles. The fraction of sp³-hybridized carbons (Fsp3) is 0.0952. The highest BCUT2D eigenvalue weighted by Gasteiger charge is 2.23. The van der Waals surface area contributed by atoms with Crippen LogP contribution < -0.4 is 4.90 Å². The number of benzene rings is 13. The lowest BCUT2D eigenvalue weighted by Crippen LogP contribution is -2.16. The number of aromatic amines is 1. The molecule has 0 amide bonds. The summed E-state index contributed by atoms with van der Waals surface area (Å²) in [7, 11) is 0. The number of rotatable bonds is 5. The average Bonchev–Trinajstić information content (AvgIpc) is 1.60. The Morgan fingerprint density at radius 1 is 0.409 bits per heavy atom. The lowest BCUT2D eigenvalue weighted by molar-refractivity contribution is 0.594.